The van der Waals surface area contributed by atoms with Gasteiger partial charge in [0.25, 0.3) is 0 Å². The molecule has 0 unspecified atom stereocenters. The molecule has 0 atom stereocenters. The van der Waals surface area contributed by atoms with E-state index in [0.717, 1.165) is 31.2 Å². The quantitative estimate of drug-likeness (QED) is 0.660. The van der Waals surface area contributed by atoms with Crippen LogP contribution < -0.4 is 10.6 Å². The van der Waals surface area contributed by atoms with Gasteiger partial charge in [-0.2, -0.15) is 0 Å². The number of hydrogen-bond donors (Lipinski definition) is 3. The highest BCUT2D eigenvalue weighted by molar-refractivity contribution is 5.43. The first-order valence-electron chi connectivity index (χ1n) is 5.79. The average molecular weight is 234 g/mol. The fourth-order valence-corrected chi connectivity index (χ4v) is 1.56. The fourth-order valence-electron chi connectivity index (χ4n) is 1.56. The minimum Gasteiger partial charge on any atom is -0.331 e. The van der Waals surface area contributed by atoms with Crippen molar-refractivity contribution in [3.8, 4) is 0 Å². The van der Waals surface area contributed by atoms with Crippen molar-refractivity contribution in [2.75, 3.05) is 11.9 Å². The Labute approximate surface area is 100 Å². The van der Waals surface area contributed by atoms with Gasteiger partial charge in [-0.05, 0) is 13.0 Å². The largest absolute Gasteiger partial charge is 0.331 e. The summed E-state index contributed by atoms with van der Waals surface area (Å²) in [6.45, 7) is 4.00. The molecule has 3 N–H and O–H groups in total. The van der Waals surface area contributed by atoms with Gasteiger partial charge in [0.05, 0.1) is 11.9 Å². The van der Waals surface area contributed by atoms with Crippen molar-refractivity contribution >= 4 is 11.9 Å². The first-order chi connectivity index (χ1) is 8.31. The lowest BCUT2D eigenvalue weighted by molar-refractivity contribution is 0.646. The second kappa shape index (κ2) is 5.49. The Balaban J connectivity index is 1.99. The van der Waals surface area contributed by atoms with Gasteiger partial charge in [-0.25, -0.2) is 9.97 Å². The molecule has 0 aliphatic heterocycles. The number of anilines is 2. The van der Waals surface area contributed by atoms with Crippen LogP contribution in [0.1, 0.15) is 19.0 Å². The molecule has 17 heavy (non-hydrogen) atoms. The van der Waals surface area contributed by atoms with E-state index in [0.29, 0.717) is 5.95 Å². The summed E-state index contributed by atoms with van der Waals surface area (Å²) in [6, 6.07) is 0. The Morgan fingerprint density at radius 2 is 2.29 bits per heavy atom. The molecule has 0 saturated heterocycles. The van der Waals surface area contributed by atoms with Crippen molar-refractivity contribution < 1.29 is 0 Å². The Morgan fingerprint density at radius 1 is 1.41 bits per heavy atom. The van der Waals surface area contributed by atoms with E-state index < -0.39 is 0 Å². The third-order valence-electron chi connectivity index (χ3n) is 2.55. The van der Waals surface area contributed by atoms with Gasteiger partial charge < -0.3 is 14.9 Å². The molecule has 0 saturated carbocycles. The van der Waals surface area contributed by atoms with Gasteiger partial charge in [0.2, 0.25) is 11.9 Å². The zero-order valence-corrected chi connectivity index (χ0v) is 10.2. The van der Waals surface area contributed by atoms with Gasteiger partial charge in [-0.3, -0.25) is 5.32 Å². The fraction of sp³-hybridized carbons (Fsp3) is 0.455. The molecule has 0 aromatic carbocycles. The van der Waals surface area contributed by atoms with Crippen LogP contribution >= 0.6 is 0 Å². The van der Waals surface area contributed by atoms with Crippen molar-refractivity contribution in [2.24, 2.45) is 7.05 Å². The number of aromatic nitrogens is 4. The zero-order chi connectivity index (χ0) is 12.1. The SMILES string of the molecule is CCCNCc1cnc(Nc2ncc[nH]2)n1C. The van der Waals surface area contributed by atoms with Crippen LogP contribution in [0.5, 0.6) is 0 Å². The van der Waals surface area contributed by atoms with E-state index in [1.807, 2.05) is 17.8 Å². The lowest BCUT2D eigenvalue weighted by Crippen LogP contribution is -2.16. The third kappa shape index (κ3) is 2.85. The second-order valence-electron chi connectivity index (χ2n) is 3.87. The molecule has 6 heteroatoms. The summed E-state index contributed by atoms with van der Waals surface area (Å²) in [5.74, 6) is 1.49. The Hall–Kier alpha value is -1.82. The lowest BCUT2D eigenvalue weighted by atomic mass is 10.4. The molecule has 0 spiro atoms. The predicted octanol–water partition coefficient (Wildman–Crippen LogP) is 1.39. The van der Waals surface area contributed by atoms with E-state index in [4.69, 9.17) is 0 Å². The van der Waals surface area contributed by atoms with Crippen LogP contribution in [0.2, 0.25) is 0 Å². The van der Waals surface area contributed by atoms with Crippen LogP contribution in [0.4, 0.5) is 11.9 Å². The predicted molar refractivity (Wildman–Crippen MR) is 67.1 cm³/mol. The third-order valence-corrected chi connectivity index (χ3v) is 2.55. The highest BCUT2D eigenvalue weighted by Gasteiger charge is 2.06. The summed E-state index contributed by atoms with van der Waals surface area (Å²) in [4.78, 5) is 11.4. The molecule has 2 heterocycles. The zero-order valence-electron chi connectivity index (χ0n) is 10.2. The van der Waals surface area contributed by atoms with E-state index in [9.17, 15) is 0 Å². The number of nitrogens with one attached hydrogen (secondary N) is 3. The van der Waals surface area contributed by atoms with Gasteiger partial charge >= 0.3 is 0 Å². The van der Waals surface area contributed by atoms with Crippen molar-refractivity contribution in [3.05, 3.63) is 24.3 Å². The molecule has 0 aliphatic carbocycles. The lowest BCUT2D eigenvalue weighted by Gasteiger charge is -2.06. The van der Waals surface area contributed by atoms with E-state index in [1.54, 1.807) is 12.4 Å². The van der Waals surface area contributed by atoms with Gasteiger partial charge in [-0.15, -0.1) is 0 Å². The van der Waals surface area contributed by atoms with Gasteiger partial charge in [0.1, 0.15) is 0 Å². The van der Waals surface area contributed by atoms with E-state index in [2.05, 4.69) is 32.5 Å². The number of rotatable bonds is 6. The van der Waals surface area contributed by atoms with Gasteiger partial charge in [0, 0.05) is 26.0 Å². The molecule has 2 aromatic rings. The van der Waals surface area contributed by atoms with Crippen molar-refractivity contribution in [2.45, 2.75) is 19.9 Å². The standard InChI is InChI=1S/C11H18N6/c1-3-4-12-7-9-8-15-11(17(9)2)16-10-13-5-6-14-10/h5-6,8,12H,3-4,7H2,1-2H3,(H2,13,14,15,16). The maximum absolute atomic E-state index is 4.32. The summed E-state index contributed by atoms with van der Waals surface area (Å²) in [6.07, 6.45) is 6.48. The van der Waals surface area contributed by atoms with Crippen molar-refractivity contribution in [1.82, 2.24) is 24.8 Å². The van der Waals surface area contributed by atoms with Crippen LogP contribution in [0, 0.1) is 0 Å². The molecular formula is C11H18N6. The minimum absolute atomic E-state index is 0.701. The van der Waals surface area contributed by atoms with E-state index in [1.165, 1.54) is 0 Å². The monoisotopic (exact) mass is 234 g/mol. The first kappa shape index (κ1) is 11.7. The topological polar surface area (TPSA) is 70.6 Å². The normalized spacial score (nSPS) is 10.7. The molecule has 0 radical (unpaired) electrons. The maximum Gasteiger partial charge on any atom is 0.209 e. The van der Waals surface area contributed by atoms with E-state index >= 15 is 0 Å². The smallest absolute Gasteiger partial charge is 0.209 e. The number of H-pyrrole nitrogens is 1. The van der Waals surface area contributed by atoms with Crippen molar-refractivity contribution in [1.29, 1.82) is 0 Å². The molecule has 0 bridgehead atoms. The highest BCUT2D eigenvalue weighted by Crippen LogP contribution is 2.12. The Kier molecular flexibility index (Phi) is 3.77. The van der Waals surface area contributed by atoms with Crippen LogP contribution in [0.3, 0.4) is 0 Å². The number of hydrogen-bond acceptors (Lipinski definition) is 4. The molecule has 2 aromatic heterocycles. The highest BCUT2D eigenvalue weighted by atomic mass is 15.3. The van der Waals surface area contributed by atoms with E-state index in [-0.39, 0.29) is 0 Å². The molecule has 2 rings (SSSR count). The minimum atomic E-state index is 0.701. The Morgan fingerprint density at radius 3 is 3.00 bits per heavy atom. The summed E-state index contributed by atoms with van der Waals surface area (Å²) < 4.78 is 2.02. The van der Waals surface area contributed by atoms with Crippen LogP contribution in [0.25, 0.3) is 0 Å². The first-order valence-corrected chi connectivity index (χ1v) is 5.79. The molecule has 0 fully saturated rings. The van der Waals surface area contributed by atoms with Crippen LogP contribution in [-0.4, -0.2) is 26.1 Å². The van der Waals surface area contributed by atoms with Gasteiger partial charge in [0.15, 0.2) is 0 Å². The average Bonchev–Trinajstić information content (AvgIpc) is 2.94. The summed E-state index contributed by atoms with van der Waals surface area (Å²) in [7, 11) is 1.99. The molecule has 0 aliphatic rings. The summed E-state index contributed by atoms with van der Waals surface area (Å²) in [5.41, 5.74) is 1.15. The number of aromatic amines is 1. The molecule has 0 amide bonds. The second-order valence-corrected chi connectivity index (χ2v) is 3.87. The van der Waals surface area contributed by atoms with Gasteiger partial charge in [-0.1, -0.05) is 6.92 Å². The number of nitrogens with zero attached hydrogens (tertiary/aromatic N) is 3. The maximum atomic E-state index is 4.32. The van der Waals surface area contributed by atoms with Crippen LogP contribution in [0.15, 0.2) is 18.6 Å². The molecule has 6 nitrogen and oxygen atoms in total. The van der Waals surface area contributed by atoms with Crippen LogP contribution in [-0.2, 0) is 13.6 Å². The number of imidazole rings is 2. The summed E-state index contributed by atoms with van der Waals surface area (Å²) in [5, 5.41) is 6.47. The van der Waals surface area contributed by atoms with Crippen molar-refractivity contribution in [3.63, 3.8) is 0 Å². The molecular weight excluding hydrogens is 216 g/mol. The molecule has 92 valence electrons. The summed E-state index contributed by atoms with van der Waals surface area (Å²) >= 11 is 0. The Bertz CT molecular complexity index is 444.